The second-order valence-corrected chi connectivity index (χ2v) is 6.37. The lowest BCUT2D eigenvalue weighted by molar-refractivity contribution is -0.387. The monoisotopic (exact) mass is 359 g/mol. The molecule has 0 saturated heterocycles. The van der Waals surface area contributed by atoms with E-state index in [1.54, 1.807) is 0 Å². The highest BCUT2D eigenvalue weighted by Gasteiger charge is 2.17. The van der Waals surface area contributed by atoms with Gasteiger partial charge in [-0.25, -0.2) is 0 Å². The third kappa shape index (κ3) is 5.32. The number of aryl methyl sites for hydroxylation is 1. The van der Waals surface area contributed by atoms with E-state index in [9.17, 15) is 19.7 Å². The average molecular weight is 359 g/mol. The standard InChI is InChI=1S/C17H17N3O4S/c1-11-2-4-12(5-3-11)9-19-16(21)10-25-15-7-6-13(17(18)22)8-14(15)20(23)24/h2-8H,9-10H2,1H3,(H2,18,22)(H,19,21). The van der Waals surface area contributed by atoms with Gasteiger partial charge in [-0.15, -0.1) is 11.8 Å². The van der Waals surface area contributed by atoms with E-state index in [4.69, 9.17) is 5.73 Å². The predicted octanol–water partition coefficient (Wildman–Crippen LogP) is 2.41. The van der Waals surface area contributed by atoms with Gasteiger partial charge in [0, 0.05) is 18.2 Å². The van der Waals surface area contributed by atoms with Gasteiger partial charge in [-0.2, -0.15) is 0 Å². The van der Waals surface area contributed by atoms with E-state index in [0.717, 1.165) is 29.0 Å². The maximum absolute atomic E-state index is 11.9. The highest BCUT2D eigenvalue weighted by molar-refractivity contribution is 8.00. The van der Waals surface area contributed by atoms with Gasteiger partial charge in [-0.05, 0) is 24.6 Å². The molecule has 130 valence electrons. The van der Waals surface area contributed by atoms with Gasteiger partial charge in [0.2, 0.25) is 11.8 Å². The van der Waals surface area contributed by atoms with Crippen LogP contribution in [0.15, 0.2) is 47.4 Å². The first kappa shape index (κ1) is 18.5. The highest BCUT2D eigenvalue weighted by Crippen LogP contribution is 2.29. The quantitative estimate of drug-likeness (QED) is 0.447. The number of thioether (sulfide) groups is 1. The number of carbonyl (C=O) groups is 2. The molecule has 2 aromatic carbocycles. The van der Waals surface area contributed by atoms with E-state index in [2.05, 4.69) is 5.32 Å². The van der Waals surface area contributed by atoms with Crippen molar-refractivity contribution in [2.45, 2.75) is 18.4 Å². The summed E-state index contributed by atoms with van der Waals surface area (Å²) in [6.45, 7) is 2.37. The van der Waals surface area contributed by atoms with Crippen LogP contribution >= 0.6 is 11.8 Å². The number of benzene rings is 2. The number of hydrogen-bond acceptors (Lipinski definition) is 5. The van der Waals surface area contributed by atoms with Crippen molar-refractivity contribution >= 4 is 29.3 Å². The summed E-state index contributed by atoms with van der Waals surface area (Å²) in [6, 6.07) is 11.7. The molecular formula is C17H17N3O4S. The fraction of sp³-hybridized carbons (Fsp3) is 0.176. The molecule has 0 unspecified atom stereocenters. The van der Waals surface area contributed by atoms with E-state index in [1.807, 2.05) is 31.2 Å². The maximum atomic E-state index is 11.9. The van der Waals surface area contributed by atoms with Gasteiger partial charge < -0.3 is 11.1 Å². The zero-order valence-corrected chi connectivity index (χ0v) is 14.3. The molecule has 0 radical (unpaired) electrons. The molecule has 2 amide bonds. The molecule has 0 atom stereocenters. The number of carbonyl (C=O) groups excluding carboxylic acids is 2. The van der Waals surface area contributed by atoms with Crippen molar-refractivity contribution in [3.63, 3.8) is 0 Å². The molecule has 2 rings (SSSR count). The lowest BCUT2D eigenvalue weighted by Gasteiger charge is -2.07. The van der Waals surface area contributed by atoms with Gasteiger partial charge >= 0.3 is 0 Å². The van der Waals surface area contributed by atoms with Crippen LogP contribution in [0.1, 0.15) is 21.5 Å². The minimum absolute atomic E-state index is 0.0304. The number of amides is 2. The SMILES string of the molecule is Cc1ccc(CNC(=O)CSc2ccc(C(N)=O)cc2[N+](=O)[O-])cc1. The van der Waals surface area contributed by atoms with Gasteiger partial charge in [-0.3, -0.25) is 19.7 Å². The molecule has 0 heterocycles. The van der Waals surface area contributed by atoms with Gasteiger partial charge in [0.1, 0.15) is 0 Å². The maximum Gasteiger partial charge on any atom is 0.283 e. The Bertz CT molecular complexity index is 806. The molecule has 0 aliphatic carbocycles. The third-order valence-corrected chi connectivity index (χ3v) is 4.47. The largest absolute Gasteiger partial charge is 0.366 e. The van der Waals surface area contributed by atoms with Crippen LogP contribution < -0.4 is 11.1 Å². The van der Waals surface area contributed by atoms with Crippen LogP contribution in [0.4, 0.5) is 5.69 Å². The molecule has 0 fully saturated rings. The van der Waals surface area contributed by atoms with Gasteiger partial charge in [-0.1, -0.05) is 29.8 Å². The minimum Gasteiger partial charge on any atom is -0.366 e. The lowest BCUT2D eigenvalue weighted by atomic mass is 10.1. The topological polar surface area (TPSA) is 115 Å². The first-order valence-corrected chi connectivity index (χ1v) is 8.38. The van der Waals surface area contributed by atoms with Crippen LogP contribution in [0.2, 0.25) is 0 Å². The van der Waals surface area contributed by atoms with Crippen LogP contribution in [-0.2, 0) is 11.3 Å². The van der Waals surface area contributed by atoms with Crippen LogP contribution in [0.5, 0.6) is 0 Å². The summed E-state index contributed by atoms with van der Waals surface area (Å²) in [5, 5.41) is 13.9. The summed E-state index contributed by atoms with van der Waals surface area (Å²) in [7, 11) is 0. The van der Waals surface area contributed by atoms with Crippen molar-refractivity contribution in [2.75, 3.05) is 5.75 Å². The number of nitrogens with zero attached hydrogens (tertiary/aromatic N) is 1. The Morgan fingerprint density at radius 2 is 1.88 bits per heavy atom. The zero-order valence-electron chi connectivity index (χ0n) is 13.5. The van der Waals surface area contributed by atoms with Crippen LogP contribution in [0.3, 0.4) is 0 Å². The van der Waals surface area contributed by atoms with Crippen molar-refractivity contribution in [3.05, 3.63) is 69.3 Å². The second-order valence-electron chi connectivity index (χ2n) is 5.35. The Hall–Kier alpha value is -2.87. The van der Waals surface area contributed by atoms with Crippen molar-refractivity contribution in [1.29, 1.82) is 0 Å². The molecule has 3 N–H and O–H groups in total. The van der Waals surface area contributed by atoms with Crippen LogP contribution in [0, 0.1) is 17.0 Å². The molecule has 0 spiro atoms. The second kappa shape index (κ2) is 8.29. The third-order valence-electron chi connectivity index (χ3n) is 3.41. The number of nitro benzene ring substituents is 1. The first-order valence-electron chi connectivity index (χ1n) is 7.40. The van der Waals surface area contributed by atoms with Gasteiger partial charge in [0.15, 0.2) is 0 Å². The molecule has 0 aromatic heterocycles. The summed E-state index contributed by atoms with van der Waals surface area (Å²) in [5.74, 6) is -0.947. The average Bonchev–Trinajstić information content (AvgIpc) is 2.59. The number of rotatable bonds is 7. The molecule has 7 nitrogen and oxygen atoms in total. The van der Waals surface area contributed by atoms with Crippen LogP contribution in [-0.4, -0.2) is 22.5 Å². The van der Waals surface area contributed by atoms with Crippen molar-refractivity contribution in [1.82, 2.24) is 5.32 Å². The Morgan fingerprint density at radius 3 is 2.48 bits per heavy atom. The number of nitrogens with two attached hydrogens (primary N) is 1. The summed E-state index contributed by atoms with van der Waals surface area (Å²) in [5.41, 5.74) is 7.05. The van der Waals surface area contributed by atoms with E-state index >= 15 is 0 Å². The molecule has 0 saturated carbocycles. The minimum atomic E-state index is -0.740. The lowest BCUT2D eigenvalue weighted by Crippen LogP contribution is -2.24. The van der Waals surface area contributed by atoms with Crippen LogP contribution in [0.25, 0.3) is 0 Å². The summed E-state index contributed by atoms with van der Waals surface area (Å²) >= 11 is 1.04. The number of hydrogen-bond donors (Lipinski definition) is 2. The molecule has 0 aliphatic rings. The number of primary amides is 1. The molecule has 25 heavy (non-hydrogen) atoms. The molecule has 2 aromatic rings. The number of nitro groups is 1. The molecule has 0 aliphatic heterocycles. The van der Waals surface area contributed by atoms with Crippen molar-refractivity contribution in [2.24, 2.45) is 5.73 Å². The highest BCUT2D eigenvalue weighted by atomic mass is 32.2. The predicted molar refractivity (Wildman–Crippen MR) is 95.4 cm³/mol. The molecule has 0 bridgehead atoms. The fourth-order valence-electron chi connectivity index (χ4n) is 2.04. The van der Waals surface area contributed by atoms with Gasteiger partial charge in [0.25, 0.3) is 5.69 Å². The Balaban J connectivity index is 1.95. The normalized spacial score (nSPS) is 10.3. The summed E-state index contributed by atoms with van der Waals surface area (Å²) < 4.78 is 0. The van der Waals surface area contributed by atoms with Gasteiger partial charge in [0.05, 0.1) is 15.6 Å². The summed E-state index contributed by atoms with van der Waals surface area (Å²) in [6.07, 6.45) is 0. The Morgan fingerprint density at radius 1 is 1.20 bits per heavy atom. The Labute approximate surface area is 148 Å². The first-order chi connectivity index (χ1) is 11.9. The van der Waals surface area contributed by atoms with E-state index in [-0.39, 0.29) is 22.9 Å². The molecular weight excluding hydrogens is 342 g/mol. The Kier molecular flexibility index (Phi) is 6.13. The van der Waals surface area contributed by atoms with E-state index in [0.29, 0.717) is 11.4 Å². The smallest absolute Gasteiger partial charge is 0.283 e. The fourth-order valence-corrected chi connectivity index (χ4v) is 2.87. The van der Waals surface area contributed by atoms with E-state index < -0.39 is 10.8 Å². The summed E-state index contributed by atoms with van der Waals surface area (Å²) in [4.78, 5) is 33.9. The zero-order chi connectivity index (χ0) is 18.4. The van der Waals surface area contributed by atoms with E-state index in [1.165, 1.54) is 12.1 Å². The van der Waals surface area contributed by atoms with Crippen molar-refractivity contribution < 1.29 is 14.5 Å². The molecule has 8 heteroatoms. The number of nitrogens with one attached hydrogen (secondary N) is 1. The van der Waals surface area contributed by atoms with Crippen molar-refractivity contribution in [3.8, 4) is 0 Å².